The van der Waals surface area contributed by atoms with Gasteiger partial charge in [0.2, 0.25) is 5.69 Å². The third-order valence-corrected chi connectivity index (χ3v) is 2.38. The molecule has 0 unspecified atom stereocenters. The third-order valence-electron chi connectivity index (χ3n) is 2.38. The number of rotatable bonds is 1. The van der Waals surface area contributed by atoms with Crippen molar-refractivity contribution in [1.29, 1.82) is 5.26 Å². The van der Waals surface area contributed by atoms with Gasteiger partial charge >= 0.3 is 5.69 Å². The predicted molar refractivity (Wildman–Crippen MR) is 64.6 cm³/mol. The van der Waals surface area contributed by atoms with E-state index in [1.165, 1.54) is 0 Å². The highest BCUT2D eigenvalue weighted by Crippen LogP contribution is 2.10. The fourth-order valence-corrected chi connectivity index (χ4v) is 1.72. The molecule has 1 heterocycles. The zero-order valence-corrected chi connectivity index (χ0v) is 9.89. The Bertz CT molecular complexity index is 745. The number of H-pyrrole nitrogens is 1. The quantitative estimate of drug-likeness (QED) is 0.783. The molecule has 1 N–H and O–H groups in total. The number of aryl methyl sites for hydroxylation is 2. The molecular formula is C12H10N4O2. The van der Waals surface area contributed by atoms with Crippen molar-refractivity contribution in [3.05, 3.63) is 55.9 Å². The molecule has 0 saturated carbocycles. The molecular weight excluding hydrogens is 232 g/mol. The van der Waals surface area contributed by atoms with E-state index in [0.717, 1.165) is 15.8 Å². The molecule has 1 aromatic carbocycles. The van der Waals surface area contributed by atoms with Gasteiger partial charge in [0.1, 0.15) is 6.07 Å². The molecule has 6 heteroatoms. The van der Waals surface area contributed by atoms with Crippen LogP contribution in [0.1, 0.15) is 16.8 Å². The summed E-state index contributed by atoms with van der Waals surface area (Å²) in [5.41, 5.74) is 0.665. The lowest BCUT2D eigenvalue weighted by Gasteiger charge is -2.06. The third kappa shape index (κ3) is 2.06. The van der Waals surface area contributed by atoms with Crippen LogP contribution in [0.2, 0.25) is 0 Å². The number of nitrogens with one attached hydrogen (secondary N) is 1. The molecule has 0 aliphatic rings. The summed E-state index contributed by atoms with van der Waals surface area (Å²) < 4.78 is 1.01. The van der Waals surface area contributed by atoms with Crippen LogP contribution < -0.4 is 11.2 Å². The van der Waals surface area contributed by atoms with Crippen molar-refractivity contribution in [2.75, 3.05) is 0 Å². The Hall–Kier alpha value is -2.68. The molecule has 0 bridgehead atoms. The number of hydrogen-bond acceptors (Lipinski definition) is 4. The topological polar surface area (TPSA) is 91.5 Å². The minimum atomic E-state index is -0.775. The second-order valence-corrected chi connectivity index (χ2v) is 3.98. The van der Waals surface area contributed by atoms with Gasteiger partial charge in [0, 0.05) is 0 Å². The molecule has 2 aromatic rings. The van der Waals surface area contributed by atoms with Crippen molar-refractivity contribution in [1.82, 2.24) is 14.8 Å². The van der Waals surface area contributed by atoms with Crippen molar-refractivity contribution >= 4 is 0 Å². The number of aromatic amines is 1. The molecule has 0 atom stereocenters. The lowest BCUT2D eigenvalue weighted by Crippen LogP contribution is -2.33. The summed E-state index contributed by atoms with van der Waals surface area (Å²) in [6.07, 6.45) is 0. The van der Waals surface area contributed by atoms with Crippen LogP contribution in [0.4, 0.5) is 0 Å². The molecule has 90 valence electrons. The molecule has 18 heavy (non-hydrogen) atoms. The predicted octanol–water partition coefficient (Wildman–Crippen LogP) is 0.409. The number of nitrogens with zero attached hydrogens (tertiary/aromatic N) is 3. The maximum atomic E-state index is 11.7. The first-order valence-corrected chi connectivity index (χ1v) is 5.23. The van der Waals surface area contributed by atoms with E-state index in [9.17, 15) is 9.59 Å². The van der Waals surface area contributed by atoms with Gasteiger partial charge in [-0.3, -0.25) is 9.78 Å². The zero-order valence-electron chi connectivity index (χ0n) is 9.89. The second-order valence-electron chi connectivity index (χ2n) is 3.98. The molecule has 0 saturated heterocycles. The van der Waals surface area contributed by atoms with Crippen LogP contribution in [0.5, 0.6) is 0 Å². The number of aromatic nitrogens is 3. The van der Waals surface area contributed by atoms with Crippen LogP contribution in [0.25, 0.3) is 5.69 Å². The Balaban J connectivity index is 2.75. The van der Waals surface area contributed by atoms with E-state index in [1.807, 2.05) is 19.9 Å². The molecule has 6 nitrogen and oxygen atoms in total. The van der Waals surface area contributed by atoms with Crippen LogP contribution in [0.15, 0.2) is 27.8 Å². The fraction of sp³-hybridized carbons (Fsp3) is 0.167. The Morgan fingerprint density at radius 3 is 2.39 bits per heavy atom. The zero-order chi connectivity index (χ0) is 13.3. The highest BCUT2D eigenvalue weighted by atomic mass is 16.2. The summed E-state index contributed by atoms with van der Waals surface area (Å²) in [6, 6.07) is 7.10. The average Bonchev–Trinajstić information content (AvgIpc) is 2.27. The van der Waals surface area contributed by atoms with Crippen molar-refractivity contribution < 1.29 is 0 Å². The summed E-state index contributed by atoms with van der Waals surface area (Å²) in [4.78, 5) is 25.0. The summed E-state index contributed by atoms with van der Waals surface area (Å²) in [5.74, 6) is 0. The number of nitriles is 1. The van der Waals surface area contributed by atoms with Crippen LogP contribution >= 0.6 is 0 Å². The Morgan fingerprint density at radius 2 is 1.83 bits per heavy atom. The summed E-state index contributed by atoms with van der Waals surface area (Å²) in [6.45, 7) is 3.77. The van der Waals surface area contributed by atoms with Gasteiger partial charge in [-0.2, -0.15) is 9.94 Å². The van der Waals surface area contributed by atoms with Gasteiger partial charge in [0.15, 0.2) is 0 Å². The Labute approximate surface area is 102 Å². The van der Waals surface area contributed by atoms with E-state index >= 15 is 0 Å². The van der Waals surface area contributed by atoms with E-state index in [2.05, 4.69) is 10.1 Å². The minimum absolute atomic E-state index is 0.339. The Kier molecular flexibility index (Phi) is 2.81. The van der Waals surface area contributed by atoms with Crippen molar-refractivity contribution in [3.8, 4) is 11.8 Å². The lowest BCUT2D eigenvalue weighted by molar-refractivity contribution is 0.739. The van der Waals surface area contributed by atoms with Crippen LogP contribution in [-0.4, -0.2) is 14.8 Å². The molecule has 0 radical (unpaired) electrons. The van der Waals surface area contributed by atoms with E-state index < -0.39 is 11.2 Å². The summed E-state index contributed by atoms with van der Waals surface area (Å²) in [7, 11) is 0. The maximum Gasteiger partial charge on any atom is 0.349 e. The first-order chi connectivity index (χ1) is 8.51. The molecule has 0 spiro atoms. The lowest BCUT2D eigenvalue weighted by atomic mass is 10.1. The minimum Gasteiger partial charge on any atom is -0.270 e. The van der Waals surface area contributed by atoms with E-state index in [-0.39, 0.29) is 5.69 Å². The monoisotopic (exact) mass is 242 g/mol. The smallest absolute Gasteiger partial charge is 0.270 e. The van der Waals surface area contributed by atoms with Gasteiger partial charge in [0.05, 0.1) is 5.69 Å². The SMILES string of the molecule is Cc1cc(C)cc(-n2nc(C#N)c(=O)[nH]c2=O)c1. The first-order valence-electron chi connectivity index (χ1n) is 5.23. The molecule has 0 aliphatic heterocycles. The van der Waals surface area contributed by atoms with Crippen molar-refractivity contribution in [2.45, 2.75) is 13.8 Å². The standard InChI is InChI=1S/C12H10N4O2/c1-7-3-8(2)5-9(4-7)16-12(18)14-11(17)10(6-13)15-16/h3-5H,1-2H3,(H,14,17,18). The summed E-state index contributed by atoms with van der Waals surface area (Å²) >= 11 is 0. The van der Waals surface area contributed by atoms with Crippen molar-refractivity contribution in [3.63, 3.8) is 0 Å². The molecule has 2 rings (SSSR count). The largest absolute Gasteiger partial charge is 0.349 e. The molecule has 0 fully saturated rings. The second kappa shape index (κ2) is 4.30. The Morgan fingerprint density at radius 1 is 1.22 bits per heavy atom. The van der Waals surface area contributed by atoms with Gasteiger partial charge in [0.25, 0.3) is 5.56 Å². The van der Waals surface area contributed by atoms with Gasteiger partial charge in [-0.15, -0.1) is 5.10 Å². The average molecular weight is 242 g/mol. The van der Waals surface area contributed by atoms with Gasteiger partial charge < -0.3 is 0 Å². The molecule has 1 aromatic heterocycles. The highest BCUT2D eigenvalue weighted by molar-refractivity contribution is 5.38. The van der Waals surface area contributed by atoms with Crippen LogP contribution in [-0.2, 0) is 0 Å². The van der Waals surface area contributed by atoms with Crippen LogP contribution in [0.3, 0.4) is 0 Å². The number of benzene rings is 1. The number of hydrogen-bond donors (Lipinski definition) is 1. The van der Waals surface area contributed by atoms with Gasteiger partial charge in [-0.1, -0.05) is 6.07 Å². The normalized spacial score (nSPS) is 10.1. The maximum absolute atomic E-state index is 11.7. The molecule has 0 aliphatic carbocycles. The summed E-state index contributed by atoms with van der Waals surface area (Å²) in [5, 5.41) is 12.5. The first kappa shape index (κ1) is 11.8. The van der Waals surface area contributed by atoms with E-state index in [0.29, 0.717) is 5.69 Å². The van der Waals surface area contributed by atoms with Gasteiger partial charge in [-0.25, -0.2) is 4.79 Å². The van der Waals surface area contributed by atoms with Crippen LogP contribution in [0, 0.1) is 25.2 Å². The van der Waals surface area contributed by atoms with Crippen molar-refractivity contribution in [2.24, 2.45) is 0 Å². The highest BCUT2D eigenvalue weighted by Gasteiger charge is 2.08. The molecule has 0 amide bonds. The van der Waals surface area contributed by atoms with Gasteiger partial charge in [-0.05, 0) is 37.1 Å². The fourth-order valence-electron chi connectivity index (χ4n) is 1.72. The van der Waals surface area contributed by atoms with E-state index in [4.69, 9.17) is 5.26 Å². The van der Waals surface area contributed by atoms with E-state index in [1.54, 1.807) is 18.2 Å².